The molecule has 3 heterocycles. The summed E-state index contributed by atoms with van der Waals surface area (Å²) >= 11 is 0. The third-order valence-electron chi connectivity index (χ3n) is 8.53. The summed E-state index contributed by atoms with van der Waals surface area (Å²) in [6, 6.07) is 17.7. The van der Waals surface area contributed by atoms with Crippen LogP contribution in [0.1, 0.15) is 77.2 Å². The summed E-state index contributed by atoms with van der Waals surface area (Å²) in [7, 11) is 0. The molecule has 0 bridgehead atoms. The van der Waals surface area contributed by atoms with Crippen molar-refractivity contribution in [2.45, 2.75) is 65.5 Å². The highest BCUT2D eigenvalue weighted by Gasteiger charge is 2.32. The van der Waals surface area contributed by atoms with E-state index in [9.17, 15) is 19.5 Å². The number of aliphatic hydroxyl groups excluding tert-OH is 1. The summed E-state index contributed by atoms with van der Waals surface area (Å²) < 4.78 is 7.16. The molecule has 0 fully saturated rings. The van der Waals surface area contributed by atoms with Crippen molar-refractivity contribution in [1.82, 2.24) is 24.6 Å². The molecule has 0 unspecified atom stereocenters. The summed E-state index contributed by atoms with van der Waals surface area (Å²) in [4.78, 5) is 48.5. The zero-order chi connectivity index (χ0) is 34.0. The van der Waals surface area contributed by atoms with Crippen molar-refractivity contribution in [2.24, 2.45) is 0 Å². The first-order valence-corrected chi connectivity index (χ1v) is 16.6. The number of unbranched alkanes of at least 4 members (excludes halogenated alkanes) is 2. The van der Waals surface area contributed by atoms with Crippen LogP contribution in [0.15, 0.2) is 73.1 Å². The number of fused-ring (bicyclic) bond motifs is 1. The van der Waals surface area contributed by atoms with Gasteiger partial charge in [-0.15, -0.1) is 0 Å². The Balaban J connectivity index is 1.48. The molecule has 11 nitrogen and oxygen atoms in total. The van der Waals surface area contributed by atoms with Crippen LogP contribution in [0.2, 0.25) is 0 Å². The highest BCUT2D eigenvalue weighted by atomic mass is 16.5. The lowest BCUT2D eigenvalue weighted by molar-refractivity contribution is -0.118. The largest absolute Gasteiger partial charge is 0.482 e. The Morgan fingerprint density at radius 3 is 2.44 bits per heavy atom. The molecule has 1 aliphatic rings. The fourth-order valence-electron chi connectivity index (χ4n) is 5.89. The van der Waals surface area contributed by atoms with Crippen molar-refractivity contribution in [3.8, 4) is 11.4 Å². The fraction of sp³-hybridized carbons (Fsp3) is 0.378. The third kappa shape index (κ3) is 8.09. The molecule has 0 saturated heterocycles. The van der Waals surface area contributed by atoms with Crippen molar-refractivity contribution in [3.63, 3.8) is 0 Å². The van der Waals surface area contributed by atoms with E-state index < -0.39 is 11.9 Å². The molecule has 48 heavy (non-hydrogen) atoms. The van der Waals surface area contributed by atoms with E-state index in [2.05, 4.69) is 24.1 Å². The monoisotopic (exact) mass is 652 g/mol. The van der Waals surface area contributed by atoms with Crippen LogP contribution in [-0.4, -0.2) is 79.7 Å². The number of pyridine rings is 1. The summed E-state index contributed by atoms with van der Waals surface area (Å²) in [6.45, 7) is 7.22. The average Bonchev–Trinajstić information content (AvgIpc) is 3.51. The topological polar surface area (TPSA) is 130 Å². The second-order valence-electron chi connectivity index (χ2n) is 12.1. The molecule has 0 aliphatic carbocycles. The first-order valence-electron chi connectivity index (χ1n) is 16.6. The Kier molecular flexibility index (Phi) is 11.6. The number of hydrogen-bond donors (Lipinski definition) is 2. The lowest BCUT2D eigenvalue weighted by Gasteiger charge is -2.36. The van der Waals surface area contributed by atoms with Crippen LogP contribution in [-0.2, 0) is 17.8 Å². The Hall–Kier alpha value is -5.03. The van der Waals surface area contributed by atoms with Crippen molar-refractivity contribution < 1.29 is 24.2 Å². The second kappa shape index (κ2) is 16.2. The molecule has 2 aromatic carbocycles. The molecule has 0 spiro atoms. The zero-order valence-corrected chi connectivity index (χ0v) is 27.9. The van der Waals surface area contributed by atoms with Gasteiger partial charge in [-0.2, -0.15) is 5.10 Å². The molecule has 5 rings (SSSR count). The van der Waals surface area contributed by atoms with E-state index >= 15 is 0 Å². The van der Waals surface area contributed by atoms with E-state index in [4.69, 9.17) is 9.84 Å². The van der Waals surface area contributed by atoms with E-state index in [0.29, 0.717) is 54.6 Å². The summed E-state index contributed by atoms with van der Waals surface area (Å²) in [6.07, 6.45) is 7.40. The molecule has 1 aliphatic heterocycles. The van der Waals surface area contributed by atoms with Gasteiger partial charge < -0.3 is 25.0 Å². The smallest absolute Gasteiger partial charge is 0.274 e. The standard InChI is InChI=1S/C37H44N6O5/c1-4-6-17-41(18-7-5-2)37(47)33-19-26(3)43(40-33)34-15-14-29(39-35(45)25-48-31-13-10-16-38-22-31)21-32(34)36(46)42-23-28-12-9-8-11-27(28)20-30(42)24-44/h8-16,19,21-22,30,44H,4-7,17-18,20,23-25H2,1-3H3,(H,39,45)/t30-/m0/s1. The van der Waals surface area contributed by atoms with Crippen molar-refractivity contribution >= 4 is 23.4 Å². The average molecular weight is 653 g/mol. The van der Waals surface area contributed by atoms with E-state index in [1.54, 1.807) is 52.2 Å². The van der Waals surface area contributed by atoms with Gasteiger partial charge in [0.15, 0.2) is 12.3 Å². The predicted octanol–water partition coefficient (Wildman–Crippen LogP) is 5.20. The number of nitrogens with zero attached hydrogens (tertiary/aromatic N) is 5. The van der Waals surface area contributed by atoms with Crippen LogP contribution in [0, 0.1) is 6.92 Å². The van der Waals surface area contributed by atoms with E-state index in [1.807, 2.05) is 36.1 Å². The number of aromatic nitrogens is 3. The number of aryl methyl sites for hydroxylation is 1. The molecule has 0 radical (unpaired) electrons. The maximum Gasteiger partial charge on any atom is 0.274 e. The normalized spacial score (nSPS) is 13.9. The number of amides is 3. The second-order valence-corrected chi connectivity index (χ2v) is 12.1. The molecule has 2 aromatic heterocycles. The van der Waals surface area contributed by atoms with E-state index in [0.717, 1.165) is 36.8 Å². The number of aliphatic hydroxyl groups is 1. The molecule has 11 heteroatoms. The maximum absolute atomic E-state index is 14.5. The van der Waals surface area contributed by atoms with Crippen LogP contribution in [0.25, 0.3) is 5.69 Å². The highest BCUT2D eigenvalue weighted by molar-refractivity contribution is 6.01. The van der Waals surface area contributed by atoms with Crippen LogP contribution in [0.4, 0.5) is 5.69 Å². The molecular weight excluding hydrogens is 608 g/mol. The Morgan fingerprint density at radius 1 is 1.00 bits per heavy atom. The Morgan fingerprint density at radius 2 is 1.75 bits per heavy atom. The van der Waals surface area contributed by atoms with Gasteiger partial charge in [-0.1, -0.05) is 51.0 Å². The van der Waals surface area contributed by atoms with E-state index in [-0.39, 0.29) is 30.6 Å². The van der Waals surface area contributed by atoms with Gasteiger partial charge in [-0.3, -0.25) is 19.4 Å². The molecule has 1 atom stereocenters. The number of nitrogens with one attached hydrogen (secondary N) is 1. The maximum atomic E-state index is 14.5. The SMILES string of the molecule is CCCCN(CCCC)C(=O)c1cc(C)n(-c2ccc(NC(=O)COc3cccnc3)cc2C(=O)N2Cc3ccccc3C[C@H]2CO)n1. The number of rotatable bonds is 14. The molecule has 0 saturated carbocycles. The summed E-state index contributed by atoms with van der Waals surface area (Å²) in [5, 5.41) is 17.9. The molecule has 252 valence electrons. The number of benzene rings is 2. The van der Waals surface area contributed by atoms with Gasteiger partial charge in [0.25, 0.3) is 17.7 Å². The van der Waals surface area contributed by atoms with Gasteiger partial charge in [0.05, 0.1) is 30.1 Å². The summed E-state index contributed by atoms with van der Waals surface area (Å²) in [5.74, 6) is -0.414. The van der Waals surface area contributed by atoms with Crippen LogP contribution in [0.3, 0.4) is 0 Å². The van der Waals surface area contributed by atoms with Crippen LogP contribution < -0.4 is 10.1 Å². The third-order valence-corrected chi connectivity index (χ3v) is 8.53. The first kappa shape index (κ1) is 34.3. The minimum atomic E-state index is -0.437. The van der Waals surface area contributed by atoms with Gasteiger partial charge >= 0.3 is 0 Å². The number of anilines is 1. The molecule has 4 aromatic rings. The number of hydrogen-bond acceptors (Lipinski definition) is 7. The number of carbonyl (C=O) groups is 3. The van der Waals surface area contributed by atoms with Gasteiger partial charge in [0, 0.05) is 37.2 Å². The fourth-order valence-corrected chi connectivity index (χ4v) is 5.89. The lowest BCUT2D eigenvalue weighted by Crippen LogP contribution is -2.46. The van der Waals surface area contributed by atoms with Crippen LogP contribution >= 0.6 is 0 Å². The van der Waals surface area contributed by atoms with Crippen molar-refractivity contribution in [1.29, 1.82) is 0 Å². The minimum Gasteiger partial charge on any atom is -0.482 e. The quantitative estimate of drug-likeness (QED) is 0.192. The summed E-state index contributed by atoms with van der Waals surface area (Å²) in [5.41, 5.74) is 4.23. The van der Waals surface area contributed by atoms with Gasteiger partial charge in [-0.25, -0.2) is 4.68 Å². The minimum absolute atomic E-state index is 0.142. The van der Waals surface area contributed by atoms with Crippen molar-refractivity contribution in [3.05, 3.63) is 101 Å². The molecule has 2 N–H and O–H groups in total. The number of carbonyl (C=O) groups excluding carboxylic acids is 3. The van der Waals surface area contributed by atoms with Crippen LogP contribution in [0.5, 0.6) is 5.75 Å². The van der Waals surface area contributed by atoms with Gasteiger partial charge in [0.1, 0.15) is 5.75 Å². The van der Waals surface area contributed by atoms with Gasteiger partial charge in [0.2, 0.25) is 0 Å². The molecule has 3 amide bonds. The Labute approximate surface area is 281 Å². The Bertz CT molecular complexity index is 1710. The van der Waals surface area contributed by atoms with E-state index in [1.165, 1.54) is 6.20 Å². The molecular formula is C37H44N6O5. The van der Waals surface area contributed by atoms with Crippen molar-refractivity contribution in [2.75, 3.05) is 31.6 Å². The van der Waals surface area contributed by atoms with Gasteiger partial charge in [-0.05, 0) is 73.7 Å². The zero-order valence-electron chi connectivity index (χ0n) is 27.9. The number of ether oxygens (including phenoxy) is 1. The highest BCUT2D eigenvalue weighted by Crippen LogP contribution is 2.29. The predicted molar refractivity (Wildman–Crippen MR) is 183 cm³/mol. The first-order chi connectivity index (χ1) is 23.3. The lowest BCUT2D eigenvalue weighted by atomic mass is 9.93.